The number of hydrogen-bond donors (Lipinski definition) is 1. The summed E-state index contributed by atoms with van der Waals surface area (Å²) in [6.07, 6.45) is 13.6. The fourth-order valence-corrected chi connectivity index (χ4v) is 3.22. The summed E-state index contributed by atoms with van der Waals surface area (Å²) >= 11 is 0. The van der Waals surface area contributed by atoms with Crippen molar-refractivity contribution in [2.75, 3.05) is 18.5 Å². The lowest BCUT2D eigenvalue weighted by atomic mass is 10.1. The highest BCUT2D eigenvalue weighted by atomic mass is 16.5. The molecule has 0 bridgehead atoms. The third kappa shape index (κ3) is 10.2. The van der Waals surface area contributed by atoms with Gasteiger partial charge in [0, 0.05) is 18.7 Å². The van der Waals surface area contributed by atoms with Crippen molar-refractivity contribution in [2.24, 2.45) is 0 Å². The molecule has 162 valence electrons. The van der Waals surface area contributed by atoms with E-state index < -0.39 is 0 Å². The molecule has 1 N–H and O–H groups in total. The smallest absolute Gasteiger partial charge is 0.338 e. The second kappa shape index (κ2) is 15.2. The zero-order valence-corrected chi connectivity index (χ0v) is 18.3. The van der Waals surface area contributed by atoms with Gasteiger partial charge in [0.15, 0.2) is 0 Å². The predicted octanol–water partition coefficient (Wildman–Crippen LogP) is 6.63. The van der Waals surface area contributed by atoms with Crippen molar-refractivity contribution in [1.82, 2.24) is 0 Å². The number of rotatable bonds is 14. The van der Waals surface area contributed by atoms with Gasteiger partial charge in [-0.3, -0.25) is 0 Å². The van der Waals surface area contributed by atoms with Gasteiger partial charge in [0.2, 0.25) is 0 Å². The number of esters is 1. The Balaban J connectivity index is 1.38. The first-order valence-corrected chi connectivity index (χ1v) is 11.3. The van der Waals surface area contributed by atoms with Crippen LogP contribution in [0.1, 0.15) is 80.8 Å². The van der Waals surface area contributed by atoms with Crippen LogP contribution in [0.4, 0.5) is 5.69 Å². The fourth-order valence-electron chi connectivity index (χ4n) is 3.22. The maximum Gasteiger partial charge on any atom is 0.338 e. The van der Waals surface area contributed by atoms with Crippen LogP contribution in [0, 0.1) is 11.8 Å². The SMILES string of the molecule is CCOC(=O)c1ccc(NCCCCCCCCCCC#CCc2ccco2)cc1. The Morgan fingerprint density at radius 3 is 2.30 bits per heavy atom. The molecule has 2 rings (SSSR count). The number of ether oxygens (including phenoxy) is 1. The van der Waals surface area contributed by atoms with E-state index in [0.29, 0.717) is 12.2 Å². The molecule has 0 amide bonds. The molecule has 1 heterocycles. The van der Waals surface area contributed by atoms with Crippen molar-refractivity contribution in [2.45, 2.75) is 71.1 Å². The summed E-state index contributed by atoms with van der Waals surface area (Å²) in [5.74, 6) is 7.10. The van der Waals surface area contributed by atoms with Crippen LogP contribution >= 0.6 is 0 Å². The van der Waals surface area contributed by atoms with E-state index in [0.717, 1.165) is 30.8 Å². The summed E-state index contributed by atoms with van der Waals surface area (Å²) in [5.41, 5.74) is 1.65. The number of benzene rings is 1. The van der Waals surface area contributed by atoms with Crippen molar-refractivity contribution in [3.05, 3.63) is 54.0 Å². The molecule has 0 aliphatic carbocycles. The first-order chi connectivity index (χ1) is 14.8. The number of anilines is 1. The van der Waals surface area contributed by atoms with Crippen molar-refractivity contribution in [3.8, 4) is 11.8 Å². The predicted molar refractivity (Wildman–Crippen MR) is 123 cm³/mol. The van der Waals surface area contributed by atoms with Gasteiger partial charge in [-0.1, -0.05) is 44.4 Å². The molecular weight excluding hydrogens is 374 g/mol. The third-order valence-electron chi connectivity index (χ3n) is 4.92. The Labute approximate surface area is 181 Å². The number of unbranched alkanes of at least 4 members (excludes halogenated alkanes) is 8. The van der Waals surface area contributed by atoms with Gasteiger partial charge < -0.3 is 14.5 Å². The molecule has 0 radical (unpaired) electrons. The van der Waals surface area contributed by atoms with Crippen molar-refractivity contribution < 1.29 is 13.9 Å². The normalized spacial score (nSPS) is 10.3. The molecule has 0 spiro atoms. The highest BCUT2D eigenvalue weighted by Crippen LogP contribution is 2.12. The lowest BCUT2D eigenvalue weighted by Gasteiger charge is -2.07. The summed E-state index contributed by atoms with van der Waals surface area (Å²) in [6, 6.07) is 11.4. The lowest BCUT2D eigenvalue weighted by Crippen LogP contribution is -2.05. The van der Waals surface area contributed by atoms with Crippen molar-refractivity contribution in [3.63, 3.8) is 0 Å². The monoisotopic (exact) mass is 409 g/mol. The van der Waals surface area contributed by atoms with Crippen LogP contribution in [-0.4, -0.2) is 19.1 Å². The second-order valence-corrected chi connectivity index (χ2v) is 7.41. The molecule has 0 saturated carbocycles. The second-order valence-electron chi connectivity index (χ2n) is 7.41. The number of nitrogens with one attached hydrogen (secondary N) is 1. The van der Waals surface area contributed by atoms with Crippen molar-refractivity contribution in [1.29, 1.82) is 0 Å². The van der Waals surface area contributed by atoms with Crippen LogP contribution in [0.3, 0.4) is 0 Å². The van der Waals surface area contributed by atoms with Gasteiger partial charge in [-0.05, 0) is 56.2 Å². The minimum absolute atomic E-state index is 0.262. The van der Waals surface area contributed by atoms with Crippen LogP contribution in [0.5, 0.6) is 0 Å². The number of carbonyl (C=O) groups excluding carboxylic acids is 1. The Bertz CT molecular complexity index is 754. The fraction of sp³-hybridized carbons (Fsp3) is 0.500. The van der Waals surface area contributed by atoms with Crippen LogP contribution in [-0.2, 0) is 11.2 Å². The Morgan fingerprint density at radius 2 is 1.63 bits per heavy atom. The van der Waals surface area contributed by atoms with E-state index in [9.17, 15) is 4.79 Å². The van der Waals surface area contributed by atoms with Crippen LogP contribution in [0.15, 0.2) is 47.1 Å². The highest BCUT2D eigenvalue weighted by molar-refractivity contribution is 5.89. The Morgan fingerprint density at radius 1 is 0.933 bits per heavy atom. The van der Waals surface area contributed by atoms with Gasteiger partial charge in [-0.15, -0.1) is 5.92 Å². The molecule has 0 fully saturated rings. The van der Waals surface area contributed by atoms with Crippen molar-refractivity contribution >= 4 is 11.7 Å². The van der Waals surface area contributed by atoms with Gasteiger partial charge in [0.05, 0.1) is 24.9 Å². The molecule has 0 aliphatic heterocycles. The summed E-state index contributed by atoms with van der Waals surface area (Å²) in [4.78, 5) is 11.6. The van der Waals surface area contributed by atoms with Gasteiger partial charge in [0.1, 0.15) is 5.76 Å². The summed E-state index contributed by atoms with van der Waals surface area (Å²) in [7, 11) is 0. The van der Waals surface area contributed by atoms with Crippen LogP contribution < -0.4 is 5.32 Å². The summed E-state index contributed by atoms with van der Waals surface area (Å²) in [5, 5.41) is 3.42. The van der Waals surface area contributed by atoms with E-state index in [4.69, 9.17) is 9.15 Å². The summed E-state index contributed by atoms with van der Waals surface area (Å²) in [6.45, 7) is 3.19. The maximum atomic E-state index is 11.6. The molecular formula is C26H35NO3. The molecule has 1 aromatic carbocycles. The van der Waals surface area contributed by atoms with Gasteiger partial charge in [0.25, 0.3) is 0 Å². The standard InChI is InChI=1S/C26H35NO3/c1-2-29-26(28)23-17-19-24(20-18-23)27-21-13-11-9-7-5-3-4-6-8-10-12-15-25-16-14-22-30-25/h14,16-20,22,27H,2-9,11,13,15,21H2,1H3. The quantitative estimate of drug-likeness (QED) is 0.216. The van der Waals surface area contributed by atoms with Crippen LogP contribution in [0.25, 0.3) is 0 Å². The van der Waals surface area contributed by atoms with Gasteiger partial charge >= 0.3 is 5.97 Å². The van der Waals surface area contributed by atoms with Gasteiger partial charge in [-0.2, -0.15) is 0 Å². The lowest BCUT2D eigenvalue weighted by molar-refractivity contribution is 0.0526. The van der Waals surface area contributed by atoms with E-state index in [2.05, 4.69) is 17.2 Å². The Hall–Kier alpha value is -2.67. The van der Waals surface area contributed by atoms with E-state index in [1.807, 2.05) is 43.3 Å². The molecule has 30 heavy (non-hydrogen) atoms. The first-order valence-electron chi connectivity index (χ1n) is 11.3. The average Bonchev–Trinajstić information content (AvgIpc) is 3.28. The van der Waals surface area contributed by atoms with Gasteiger partial charge in [-0.25, -0.2) is 4.79 Å². The third-order valence-corrected chi connectivity index (χ3v) is 4.92. The molecule has 4 nitrogen and oxygen atoms in total. The molecule has 0 aliphatic rings. The molecule has 1 aromatic heterocycles. The molecule has 0 unspecified atom stereocenters. The zero-order valence-electron chi connectivity index (χ0n) is 18.3. The highest BCUT2D eigenvalue weighted by Gasteiger charge is 2.05. The van der Waals surface area contributed by atoms with E-state index in [1.54, 1.807) is 6.26 Å². The number of hydrogen-bond acceptors (Lipinski definition) is 4. The number of carbonyl (C=O) groups is 1. The molecule has 0 atom stereocenters. The Kier molecular flexibility index (Phi) is 12.0. The minimum atomic E-state index is -0.262. The molecule has 4 heteroatoms. The van der Waals surface area contributed by atoms with E-state index >= 15 is 0 Å². The summed E-state index contributed by atoms with van der Waals surface area (Å²) < 4.78 is 10.3. The maximum absolute atomic E-state index is 11.6. The van der Waals surface area contributed by atoms with E-state index in [1.165, 1.54) is 51.4 Å². The van der Waals surface area contributed by atoms with E-state index in [-0.39, 0.29) is 5.97 Å². The molecule has 2 aromatic rings. The zero-order chi connectivity index (χ0) is 21.3. The average molecular weight is 410 g/mol. The molecule has 0 saturated heterocycles. The largest absolute Gasteiger partial charge is 0.468 e. The topological polar surface area (TPSA) is 51.5 Å². The van der Waals surface area contributed by atoms with Crippen LogP contribution in [0.2, 0.25) is 0 Å². The minimum Gasteiger partial charge on any atom is -0.468 e. The number of furan rings is 1. The first kappa shape index (κ1) is 23.6.